The third-order valence-corrected chi connectivity index (χ3v) is 3.47. The van der Waals surface area contributed by atoms with E-state index in [9.17, 15) is 0 Å². The Morgan fingerprint density at radius 2 is 1.93 bits per heavy atom. The van der Waals surface area contributed by atoms with Gasteiger partial charge < -0.3 is 9.47 Å². The van der Waals surface area contributed by atoms with E-state index in [-0.39, 0.29) is 18.4 Å². The van der Waals surface area contributed by atoms with Crippen LogP contribution in [0.5, 0.6) is 0 Å². The van der Waals surface area contributed by atoms with Crippen molar-refractivity contribution in [2.75, 3.05) is 14.2 Å². The number of nitrogens with one attached hydrogen (secondary N) is 1. The molecule has 5 atom stereocenters. The average Bonchev–Trinajstić information content (AvgIpc) is 2.21. The Morgan fingerprint density at radius 3 is 2.36 bits per heavy atom. The van der Waals surface area contributed by atoms with Crippen LogP contribution in [-0.2, 0) is 9.47 Å². The van der Waals surface area contributed by atoms with Crippen molar-refractivity contribution in [2.24, 2.45) is 11.8 Å². The molecule has 5 unspecified atom stereocenters. The second-order valence-corrected chi connectivity index (χ2v) is 4.21. The summed E-state index contributed by atoms with van der Waals surface area (Å²) in [6.07, 6.45) is 1.64. The molecule has 1 rings (SSSR count). The van der Waals surface area contributed by atoms with Gasteiger partial charge in [-0.05, 0) is 19.4 Å². The lowest BCUT2D eigenvalue weighted by atomic mass is 9.83. The third-order valence-electron chi connectivity index (χ3n) is 3.47. The summed E-state index contributed by atoms with van der Waals surface area (Å²) in [7, 11) is 3.73. The van der Waals surface area contributed by atoms with Crippen molar-refractivity contribution in [1.82, 2.24) is 5.32 Å². The largest absolute Gasteiger partial charge is 0.378 e. The van der Waals surface area contributed by atoms with Gasteiger partial charge in [-0.15, -0.1) is 0 Å². The molecule has 0 aromatic heterocycles. The number of hydrogen-bond acceptors (Lipinski definition) is 3. The van der Waals surface area contributed by atoms with E-state index in [4.69, 9.17) is 9.47 Å². The molecule has 0 aromatic rings. The molecule has 0 aromatic carbocycles. The van der Waals surface area contributed by atoms with Crippen LogP contribution in [0.3, 0.4) is 0 Å². The van der Waals surface area contributed by atoms with Crippen LogP contribution in [0.4, 0.5) is 0 Å². The van der Waals surface area contributed by atoms with E-state index >= 15 is 0 Å². The van der Waals surface area contributed by atoms with Crippen molar-refractivity contribution in [3.05, 3.63) is 0 Å². The van der Waals surface area contributed by atoms with Gasteiger partial charge in [-0.25, -0.2) is 0 Å². The quantitative estimate of drug-likeness (QED) is 0.753. The lowest BCUT2D eigenvalue weighted by Crippen LogP contribution is -2.53. The molecule has 1 heterocycles. The van der Waals surface area contributed by atoms with Gasteiger partial charge in [-0.1, -0.05) is 20.8 Å². The first-order valence-electron chi connectivity index (χ1n) is 5.51. The molecular formula is C11H23NO2. The molecule has 84 valence electrons. The molecule has 3 nitrogen and oxygen atoms in total. The molecule has 0 radical (unpaired) electrons. The molecule has 1 aliphatic heterocycles. The smallest absolute Gasteiger partial charge is 0.111 e. The van der Waals surface area contributed by atoms with Crippen molar-refractivity contribution in [2.45, 2.75) is 45.6 Å². The van der Waals surface area contributed by atoms with Gasteiger partial charge >= 0.3 is 0 Å². The predicted octanol–water partition coefficient (Wildman–Crippen LogP) is 1.63. The van der Waals surface area contributed by atoms with Gasteiger partial charge in [0.05, 0.1) is 12.2 Å². The number of methoxy groups -OCH3 is 1. The van der Waals surface area contributed by atoms with E-state index in [1.165, 1.54) is 0 Å². The maximum atomic E-state index is 5.93. The molecule has 1 aliphatic rings. The molecule has 0 spiro atoms. The van der Waals surface area contributed by atoms with Crippen molar-refractivity contribution >= 4 is 0 Å². The van der Waals surface area contributed by atoms with Gasteiger partial charge in [0.2, 0.25) is 0 Å². The molecule has 1 fully saturated rings. The Kier molecular flexibility index (Phi) is 4.35. The van der Waals surface area contributed by atoms with Gasteiger partial charge in [0, 0.05) is 13.0 Å². The van der Waals surface area contributed by atoms with Gasteiger partial charge in [0.15, 0.2) is 0 Å². The Labute approximate surface area is 87.2 Å². The normalized spacial score (nSPS) is 43.9. The van der Waals surface area contributed by atoms with Crippen molar-refractivity contribution in [3.8, 4) is 0 Å². The van der Waals surface area contributed by atoms with Gasteiger partial charge in [0.1, 0.15) is 6.23 Å². The summed E-state index contributed by atoms with van der Waals surface area (Å²) in [5, 5.41) is 3.22. The van der Waals surface area contributed by atoms with Crippen LogP contribution in [-0.4, -0.2) is 32.6 Å². The van der Waals surface area contributed by atoms with E-state index in [2.05, 4.69) is 26.1 Å². The first-order chi connectivity index (χ1) is 6.65. The summed E-state index contributed by atoms with van der Waals surface area (Å²) in [4.78, 5) is 0. The SMILES string of the molecule is CCC1OC(NC)C(C)C(C)C1OC. The molecular weight excluding hydrogens is 178 g/mol. The van der Waals surface area contributed by atoms with Gasteiger partial charge in [0.25, 0.3) is 0 Å². The third kappa shape index (κ3) is 2.10. The molecule has 0 amide bonds. The first-order valence-corrected chi connectivity index (χ1v) is 5.51. The van der Waals surface area contributed by atoms with Gasteiger partial charge in [-0.3, -0.25) is 5.32 Å². The van der Waals surface area contributed by atoms with E-state index in [1.807, 2.05) is 7.05 Å². The second-order valence-electron chi connectivity index (χ2n) is 4.21. The fourth-order valence-corrected chi connectivity index (χ4v) is 2.33. The van der Waals surface area contributed by atoms with Crippen LogP contribution < -0.4 is 5.32 Å². The van der Waals surface area contributed by atoms with Crippen LogP contribution in [0.25, 0.3) is 0 Å². The minimum atomic E-state index is 0.168. The Balaban J connectivity index is 2.71. The Hall–Kier alpha value is -0.120. The maximum Gasteiger partial charge on any atom is 0.111 e. The van der Waals surface area contributed by atoms with Crippen LogP contribution in [0.1, 0.15) is 27.2 Å². The lowest BCUT2D eigenvalue weighted by Gasteiger charge is -2.43. The zero-order valence-corrected chi connectivity index (χ0v) is 9.91. The van der Waals surface area contributed by atoms with E-state index in [0.29, 0.717) is 11.8 Å². The highest BCUT2D eigenvalue weighted by Crippen LogP contribution is 2.32. The fraction of sp³-hybridized carbons (Fsp3) is 1.00. The lowest BCUT2D eigenvalue weighted by molar-refractivity contribution is -0.185. The summed E-state index contributed by atoms with van der Waals surface area (Å²) >= 11 is 0. The Bertz CT molecular complexity index is 173. The number of ether oxygens (including phenoxy) is 2. The second kappa shape index (κ2) is 5.10. The molecule has 1 N–H and O–H groups in total. The highest BCUT2D eigenvalue weighted by Gasteiger charge is 2.39. The first kappa shape index (κ1) is 12.0. The van der Waals surface area contributed by atoms with Gasteiger partial charge in [-0.2, -0.15) is 0 Å². The molecule has 0 saturated carbocycles. The number of hydrogen-bond donors (Lipinski definition) is 1. The van der Waals surface area contributed by atoms with E-state index < -0.39 is 0 Å². The topological polar surface area (TPSA) is 30.5 Å². The van der Waals surface area contributed by atoms with E-state index in [0.717, 1.165) is 6.42 Å². The molecule has 3 heteroatoms. The molecule has 14 heavy (non-hydrogen) atoms. The zero-order chi connectivity index (χ0) is 10.7. The van der Waals surface area contributed by atoms with Crippen LogP contribution in [0.15, 0.2) is 0 Å². The van der Waals surface area contributed by atoms with Crippen molar-refractivity contribution < 1.29 is 9.47 Å². The van der Waals surface area contributed by atoms with E-state index in [1.54, 1.807) is 7.11 Å². The fourth-order valence-electron chi connectivity index (χ4n) is 2.33. The molecule has 1 saturated heterocycles. The van der Waals surface area contributed by atoms with Crippen LogP contribution in [0, 0.1) is 11.8 Å². The Morgan fingerprint density at radius 1 is 1.29 bits per heavy atom. The highest BCUT2D eigenvalue weighted by molar-refractivity contribution is 4.86. The van der Waals surface area contributed by atoms with Crippen LogP contribution >= 0.6 is 0 Å². The summed E-state index contributed by atoms with van der Waals surface area (Å²) in [6, 6.07) is 0. The summed E-state index contributed by atoms with van der Waals surface area (Å²) in [5.41, 5.74) is 0. The standard InChI is InChI=1S/C11H23NO2/c1-6-9-10(13-5)7(2)8(3)11(12-4)14-9/h7-12H,6H2,1-5H3. The summed E-state index contributed by atoms with van der Waals surface area (Å²) < 4.78 is 11.5. The highest BCUT2D eigenvalue weighted by atomic mass is 16.6. The summed E-state index contributed by atoms with van der Waals surface area (Å²) in [6.45, 7) is 6.60. The maximum absolute atomic E-state index is 5.93. The molecule has 0 aliphatic carbocycles. The molecule has 0 bridgehead atoms. The minimum Gasteiger partial charge on any atom is -0.378 e. The summed E-state index contributed by atoms with van der Waals surface area (Å²) in [5.74, 6) is 1.03. The monoisotopic (exact) mass is 201 g/mol. The van der Waals surface area contributed by atoms with Crippen LogP contribution in [0.2, 0.25) is 0 Å². The van der Waals surface area contributed by atoms with Crippen molar-refractivity contribution in [3.63, 3.8) is 0 Å². The minimum absolute atomic E-state index is 0.168. The predicted molar refractivity (Wildman–Crippen MR) is 57.1 cm³/mol. The number of rotatable bonds is 3. The van der Waals surface area contributed by atoms with Crippen molar-refractivity contribution in [1.29, 1.82) is 0 Å². The average molecular weight is 201 g/mol. The zero-order valence-electron chi connectivity index (χ0n) is 9.91.